The van der Waals surface area contributed by atoms with Gasteiger partial charge in [0.2, 0.25) is 0 Å². The van der Waals surface area contributed by atoms with Crippen LogP contribution >= 0.6 is 46.4 Å². The number of hydrogen-bond donors (Lipinski definition) is 0. The monoisotopic (exact) mass is 291 g/mol. The highest BCUT2D eigenvalue weighted by atomic mass is 35.5. The van der Waals surface area contributed by atoms with Crippen LogP contribution in [-0.2, 0) is 0 Å². The first-order valence-corrected chi connectivity index (χ1v) is 5.85. The van der Waals surface area contributed by atoms with Gasteiger partial charge in [-0.25, -0.2) is 4.98 Å². The Morgan fingerprint density at radius 3 is 2.31 bits per heavy atom. The summed E-state index contributed by atoms with van der Waals surface area (Å²) in [5.41, 5.74) is 1.56. The average Bonchev–Trinajstić information content (AvgIpc) is 2.25. The van der Waals surface area contributed by atoms with Crippen LogP contribution in [0, 0.1) is 0 Å². The number of nitrogens with zero attached hydrogens (tertiary/aromatic N) is 1. The largest absolute Gasteiger partial charge is 0.244 e. The molecule has 0 bridgehead atoms. The molecule has 1 aromatic heterocycles. The minimum Gasteiger partial charge on any atom is -0.244 e. The Hall–Kier alpha value is -0.470. The first-order valence-electron chi connectivity index (χ1n) is 4.34. The molecule has 1 aromatic carbocycles. The predicted octanol–water partition coefficient (Wildman–Crippen LogP) is 5.36. The summed E-state index contributed by atoms with van der Waals surface area (Å²) >= 11 is 23.6. The van der Waals surface area contributed by atoms with E-state index in [2.05, 4.69) is 4.98 Å². The highest BCUT2D eigenvalue weighted by Crippen LogP contribution is 2.36. The smallest absolute Gasteiger partial charge is 0.129 e. The molecule has 2 rings (SSSR count). The minimum absolute atomic E-state index is 0.416. The Balaban J connectivity index is 2.59. The summed E-state index contributed by atoms with van der Waals surface area (Å²) in [7, 11) is 0. The number of hydrogen-bond acceptors (Lipinski definition) is 1. The van der Waals surface area contributed by atoms with E-state index in [9.17, 15) is 0 Å². The van der Waals surface area contributed by atoms with Crippen molar-refractivity contribution in [1.29, 1.82) is 0 Å². The maximum Gasteiger partial charge on any atom is 0.129 e. The zero-order valence-electron chi connectivity index (χ0n) is 7.85. The second kappa shape index (κ2) is 4.80. The molecular weight excluding hydrogens is 288 g/mol. The van der Waals surface area contributed by atoms with E-state index in [1.54, 1.807) is 24.4 Å². The molecule has 16 heavy (non-hydrogen) atoms. The van der Waals surface area contributed by atoms with Crippen molar-refractivity contribution in [1.82, 2.24) is 4.98 Å². The van der Waals surface area contributed by atoms with Crippen LogP contribution in [0.2, 0.25) is 20.2 Å². The standard InChI is InChI=1S/C11H5Cl4N/c12-7-3-8(11(15)9(13)4-7)6-1-2-10(14)16-5-6/h1-5H. The number of rotatable bonds is 1. The van der Waals surface area contributed by atoms with Crippen molar-refractivity contribution >= 4 is 46.4 Å². The summed E-state index contributed by atoms with van der Waals surface area (Å²) in [4.78, 5) is 3.98. The third-order valence-corrected chi connectivity index (χ3v) is 3.28. The van der Waals surface area contributed by atoms with Crippen LogP contribution in [-0.4, -0.2) is 4.98 Å². The van der Waals surface area contributed by atoms with Crippen LogP contribution in [0.15, 0.2) is 30.5 Å². The second-order valence-corrected chi connectivity index (χ2v) is 4.73. The van der Waals surface area contributed by atoms with Gasteiger partial charge in [-0.2, -0.15) is 0 Å². The first-order chi connectivity index (χ1) is 7.58. The van der Waals surface area contributed by atoms with Crippen molar-refractivity contribution in [2.45, 2.75) is 0 Å². The second-order valence-electron chi connectivity index (χ2n) is 3.12. The molecule has 0 aliphatic heterocycles. The van der Waals surface area contributed by atoms with Crippen LogP contribution in [0.3, 0.4) is 0 Å². The van der Waals surface area contributed by atoms with E-state index >= 15 is 0 Å². The lowest BCUT2D eigenvalue weighted by Crippen LogP contribution is -1.83. The molecule has 2 aromatic rings. The van der Waals surface area contributed by atoms with E-state index in [0.717, 1.165) is 11.1 Å². The summed E-state index contributed by atoms with van der Waals surface area (Å²) in [5.74, 6) is 0. The summed E-state index contributed by atoms with van der Waals surface area (Å²) in [5, 5.41) is 1.82. The predicted molar refractivity (Wildman–Crippen MR) is 69.7 cm³/mol. The highest BCUT2D eigenvalue weighted by molar-refractivity contribution is 6.45. The minimum atomic E-state index is 0.416. The quantitative estimate of drug-likeness (QED) is 0.509. The van der Waals surface area contributed by atoms with Crippen molar-refractivity contribution in [3.8, 4) is 11.1 Å². The summed E-state index contributed by atoms with van der Waals surface area (Å²) < 4.78 is 0. The third kappa shape index (κ3) is 2.44. The van der Waals surface area contributed by atoms with Crippen molar-refractivity contribution in [3.05, 3.63) is 50.7 Å². The molecule has 0 aliphatic rings. The highest BCUT2D eigenvalue weighted by Gasteiger charge is 2.09. The number of aromatic nitrogens is 1. The van der Waals surface area contributed by atoms with Gasteiger partial charge in [0.1, 0.15) is 5.15 Å². The van der Waals surface area contributed by atoms with Gasteiger partial charge >= 0.3 is 0 Å². The lowest BCUT2D eigenvalue weighted by Gasteiger charge is -2.06. The Morgan fingerprint density at radius 2 is 1.69 bits per heavy atom. The van der Waals surface area contributed by atoms with Gasteiger partial charge in [-0.05, 0) is 24.3 Å². The third-order valence-electron chi connectivity index (χ3n) is 2.03. The molecule has 0 aliphatic carbocycles. The topological polar surface area (TPSA) is 12.9 Å². The SMILES string of the molecule is Clc1cc(Cl)c(Cl)c(-c2ccc(Cl)nc2)c1. The molecule has 1 heterocycles. The number of halogens is 4. The lowest BCUT2D eigenvalue weighted by atomic mass is 10.1. The molecule has 0 saturated carbocycles. The first kappa shape index (κ1) is 12.0. The van der Waals surface area contributed by atoms with Gasteiger partial charge in [0.15, 0.2) is 0 Å². The van der Waals surface area contributed by atoms with Crippen LogP contribution in [0.4, 0.5) is 0 Å². The zero-order chi connectivity index (χ0) is 11.7. The van der Waals surface area contributed by atoms with Gasteiger partial charge in [-0.1, -0.05) is 46.4 Å². The van der Waals surface area contributed by atoms with Gasteiger partial charge in [0.25, 0.3) is 0 Å². The Bertz CT molecular complexity index is 522. The Kier molecular flexibility index (Phi) is 3.60. The molecule has 0 amide bonds. The van der Waals surface area contributed by atoms with Crippen molar-refractivity contribution in [2.24, 2.45) is 0 Å². The number of pyridine rings is 1. The van der Waals surface area contributed by atoms with Crippen LogP contribution in [0.5, 0.6) is 0 Å². The van der Waals surface area contributed by atoms with E-state index in [4.69, 9.17) is 46.4 Å². The van der Waals surface area contributed by atoms with Gasteiger partial charge in [0, 0.05) is 22.3 Å². The molecule has 5 heteroatoms. The van der Waals surface area contributed by atoms with E-state index in [1.807, 2.05) is 6.07 Å². The van der Waals surface area contributed by atoms with E-state index in [1.165, 1.54) is 0 Å². The van der Waals surface area contributed by atoms with Crippen molar-refractivity contribution in [2.75, 3.05) is 0 Å². The number of benzene rings is 1. The van der Waals surface area contributed by atoms with E-state index < -0.39 is 0 Å². The van der Waals surface area contributed by atoms with Crippen LogP contribution in [0.25, 0.3) is 11.1 Å². The normalized spacial score (nSPS) is 10.5. The zero-order valence-corrected chi connectivity index (χ0v) is 10.9. The molecule has 0 atom stereocenters. The fraction of sp³-hybridized carbons (Fsp3) is 0. The van der Waals surface area contributed by atoms with E-state index in [-0.39, 0.29) is 0 Å². The molecule has 82 valence electrons. The molecule has 0 N–H and O–H groups in total. The van der Waals surface area contributed by atoms with E-state index in [0.29, 0.717) is 20.2 Å². The summed E-state index contributed by atoms with van der Waals surface area (Å²) in [6, 6.07) is 6.82. The van der Waals surface area contributed by atoms with Gasteiger partial charge < -0.3 is 0 Å². The van der Waals surface area contributed by atoms with Crippen LogP contribution < -0.4 is 0 Å². The van der Waals surface area contributed by atoms with Gasteiger partial charge in [-0.15, -0.1) is 0 Å². The molecular formula is C11H5Cl4N. The maximum absolute atomic E-state index is 6.09. The summed E-state index contributed by atoms with van der Waals surface area (Å²) in [6.45, 7) is 0. The average molecular weight is 293 g/mol. The van der Waals surface area contributed by atoms with Crippen molar-refractivity contribution < 1.29 is 0 Å². The summed E-state index contributed by atoms with van der Waals surface area (Å²) in [6.07, 6.45) is 1.62. The Morgan fingerprint density at radius 1 is 0.938 bits per heavy atom. The molecule has 1 nitrogen and oxygen atoms in total. The lowest BCUT2D eigenvalue weighted by molar-refractivity contribution is 1.33. The fourth-order valence-corrected chi connectivity index (χ4v) is 2.12. The fourth-order valence-electron chi connectivity index (χ4n) is 1.30. The molecule has 0 spiro atoms. The Labute approximate surface area is 113 Å². The van der Waals surface area contributed by atoms with Crippen molar-refractivity contribution in [3.63, 3.8) is 0 Å². The maximum atomic E-state index is 6.09. The molecule has 0 saturated heterocycles. The molecule has 0 radical (unpaired) electrons. The van der Waals surface area contributed by atoms with Gasteiger partial charge in [0.05, 0.1) is 10.0 Å². The molecule has 0 fully saturated rings. The molecule has 0 unspecified atom stereocenters. The van der Waals surface area contributed by atoms with Gasteiger partial charge in [-0.3, -0.25) is 0 Å². The van der Waals surface area contributed by atoms with Crippen LogP contribution in [0.1, 0.15) is 0 Å².